The SMILES string of the molecule is C[C@H]1C[C@@]2(C)CC[C@](C)(C(=O)N[C@H](Cc3ccccc3)C(=O)O)C[C@@]2(C)C2=CC(=O)[C@@H]3[C@@](C)(CC[C@@H]4C(C)(C)[C@H](O)CC[C@]34C)[C@H]21. The van der Waals surface area contributed by atoms with Gasteiger partial charge in [-0.15, -0.1) is 0 Å². The lowest BCUT2D eigenvalue weighted by Crippen LogP contribution is -2.66. The highest BCUT2D eigenvalue weighted by atomic mass is 16.4. The third kappa shape index (κ3) is 4.70. The number of carbonyl (C=O) groups excluding carboxylic acids is 2. The van der Waals surface area contributed by atoms with Crippen molar-refractivity contribution in [2.24, 2.45) is 56.2 Å². The molecule has 5 aliphatic carbocycles. The first-order chi connectivity index (χ1) is 21.3. The fraction of sp³-hybridized carbons (Fsp3) is 0.725. The monoisotopic (exact) mass is 631 g/mol. The van der Waals surface area contributed by atoms with Crippen molar-refractivity contribution in [1.82, 2.24) is 5.32 Å². The molecular formula is C40H57NO5. The normalized spacial score (nSPS) is 45.2. The van der Waals surface area contributed by atoms with Crippen LogP contribution in [-0.2, 0) is 20.8 Å². The molecule has 1 amide bonds. The Hall–Kier alpha value is -2.47. The molecule has 6 nitrogen and oxygen atoms in total. The van der Waals surface area contributed by atoms with Gasteiger partial charge in [0.15, 0.2) is 5.78 Å². The molecule has 0 aliphatic heterocycles. The second-order valence-electron chi connectivity index (χ2n) is 18.3. The van der Waals surface area contributed by atoms with E-state index in [0.717, 1.165) is 44.1 Å². The van der Waals surface area contributed by atoms with E-state index in [0.29, 0.717) is 24.7 Å². The number of rotatable bonds is 5. The lowest BCUT2D eigenvalue weighted by molar-refractivity contribution is -0.197. The molecule has 0 aromatic heterocycles. The van der Waals surface area contributed by atoms with Crippen LogP contribution in [0.3, 0.4) is 0 Å². The molecule has 0 heterocycles. The van der Waals surface area contributed by atoms with Crippen LogP contribution in [-0.4, -0.2) is 40.0 Å². The summed E-state index contributed by atoms with van der Waals surface area (Å²) in [6, 6.07) is 8.45. The number of ketones is 1. The second-order valence-corrected chi connectivity index (χ2v) is 18.3. The zero-order chi connectivity index (χ0) is 33.7. The van der Waals surface area contributed by atoms with Crippen molar-refractivity contribution >= 4 is 17.7 Å². The van der Waals surface area contributed by atoms with Crippen LogP contribution in [0.25, 0.3) is 0 Å². The van der Waals surface area contributed by atoms with Crippen LogP contribution in [0.1, 0.15) is 112 Å². The summed E-state index contributed by atoms with van der Waals surface area (Å²) in [5.41, 5.74) is 0.360. The predicted octanol–water partition coefficient (Wildman–Crippen LogP) is 7.39. The minimum absolute atomic E-state index is 0.0632. The van der Waals surface area contributed by atoms with Crippen LogP contribution >= 0.6 is 0 Å². The highest BCUT2D eigenvalue weighted by molar-refractivity contribution is 5.95. The number of benzene rings is 1. The molecule has 6 rings (SSSR count). The van der Waals surface area contributed by atoms with Gasteiger partial charge in [-0.05, 0) is 108 Å². The minimum atomic E-state index is -1.03. The second kappa shape index (κ2) is 10.8. The summed E-state index contributed by atoms with van der Waals surface area (Å²) < 4.78 is 0. The first-order valence-corrected chi connectivity index (χ1v) is 17.8. The Balaban J connectivity index is 1.35. The lowest BCUT2D eigenvalue weighted by Gasteiger charge is -2.70. The van der Waals surface area contributed by atoms with Gasteiger partial charge in [0.25, 0.3) is 0 Å². The maximum atomic E-state index is 14.7. The van der Waals surface area contributed by atoms with Gasteiger partial charge in [-0.25, -0.2) is 4.79 Å². The number of aliphatic carboxylic acids is 1. The van der Waals surface area contributed by atoms with Gasteiger partial charge in [0, 0.05) is 17.8 Å². The number of hydrogen-bond acceptors (Lipinski definition) is 4. The molecule has 3 N–H and O–H groups in total. The van der Waals surface area contributed by atoms with Gasteiger partial charge in [0.1, 0.15) is 6.04 Å². The molecule has 5 aliphatic rings. The molecule has 4 saturated carbocycles. The number of hydrogen-bond donors (Lipinski definition) is 3. The largest absolute Gasteiger partial charge is 0.480 e. The molecule has 1 aromatic carbocycles. The Morgan fingerprint density at radius 2 is 1.59 bits per heavy atom. The molecule has 0 radical (unpaired) electrons. The van der Waals surface area contributed by atoms with E-state index in [4.69, 9.17) is 0 Å². The van der Waals surface area contributed by atoms with Crippen molar-refractivity contribution < 1.29 is 24.6 Å². The Morgan fingerprint density at radius 3 is 2.24 bits per heavy atom. The summed E-state index contributed by atoms with van der Waals surface area (Å²) >= 11 is 0. The van der Waals surface area contributed by atoms with Gasteiger partial charge < -0.3 is 15.5 Å². The summed E-state index contributed by atoms with van der Waals surface area (Å²) in [4.78, 5) is 41.1. The van der Waals surface area contributed by atoms with Crippen LogP contribution in [0, 0.1) is 56.2 Å². The highest BCUT2D eigenvalue weighted by Crippen LogP contribution is 2.75. The van der Waals surface area contributed by atoms with Crippen molar-refractivity contribution in [3.05, 3.63) is 47.5 Å². The quantitative estimate of drug-likeness (QED) is 0.315. The number of carboxylic acid groups (broad SMARTS) is 1. The molecule has 6 heteroatoms. The molecule has 0 spiro atoms. The average molecular weight is 632 g/mol. The Kier molecular flexibility index (Phi) is 7.83. The van der Waals surface area contributed by atoms with E-state index in [2.05, 4.69) is 53.8 Å². The van der Waals surface area contributed by atoms with Crippen molar-refractivity contribution in [2.75, 3.05) is 0 Å². The van der Waals surface area contributed by atoms with E-state index >= 15 is 0 Å². The van der Waals surface area contributed by atoms with E-state index in [9.17, 15) is 24.6 Å². The van der Waals surface area contributed by atoms with Gasteiger partial charge in [-0.1, -0.05) is 91.3 Å². The van der Waals surface area contributed by atoms with E-state index in [1.165, 1.54) is 5.57 Å². The maximum Gasteiger partial charge on any atom is 0.326 e. The van der Waals surface area contributed by atoms with Crippen molar-refractivity contribution in [1.29, 1.82) is 0 Å². The third-order valence-electron chi connectivity index (χ3n) is 15.1. The van der Waals surface area contributed by atoms with E-state index in [1.54, 1.807) is 0 Å². The Morgan fingerprint density at radius 1 is 0.935 bits per heavy atom. The smallest absolute Gasteiger partial charge is 0.326 e. The number of fused-ring (bicyclic) bond motifs is 7. The fourth-order valence-corrected chi connectivity index (χ4v) is 12.7. The summed E-state index contributed by atoms with van der Waals surface area (Å²) in [7, 11) is 0. The minimum Gasteiger partial charge on any atom is -0.480 e. The van der Waals surface area contributed by atoms with Crippen molar-refractivity contribution in [3.8, 4) is 0 Å². The first kappa shape index (κ1) is 33.4. The highest BCUT2D eigenvalue weighted by Gasteiger charge is 2.70. The maximum absolute atomic E-state index is 14.7. The van der Waals surface area contributed by atoms with E-state index in [1.807, 2.05) is 43.3 Å². The molecule has 11 atom stereocenters. The number of nitrogens with one attached hydrogen (secondary N) is 1. The number of carboxylic acids is 1. The Bertz CT molecular complexity index is 1450. The molecule has 0 bridgehead atoms. The van der Waals surface area contributed by atoms with Crippen LogP contribution in [0.4, 0.5) is 0 Å². The Labute approximate surface area is 276 Å². The molecule has 46 heavy (non-hydrogen) atoms. The number of aliphatic hydroxyl groups excluding tert-OH is 1. The fourth-order valence-electron chi connectivity index (χ4n) is 12.7. The van der Waals surface area contributed by atoms with Gasteiger partial charge in [0.05, 0.1) is 6.10 Å². The summed E-state index contributed by atoms with van der Waals surface area (Å²) in [6.45, 7) is 18.2. The summed E-state index contributed by atoms with van der Waals surface area (Å²) in [5, 5.41) is 24.0. The van der Waals surface area contributed by atoms with Crippen LogP contribution in [0.15, 0.2) is 42.0 Å². The van der Waals surface area contributed by atoms with Crippen molar-refractivity contribution in [2.45, 2.75) is 125 Å². The van der Waals surface area contributed by atoms with Gasteiger partial charge in [-0.3, -0.25) is 9.59 Å². The zero-order valence-corrected chi connectivity index (χ0v) is 29.4. The molecular weight excluding hydrogens is 574 g/mol. The van der Waals surface area contributed by atoms with Gasteiger partial charge >= 0.3 is 5.97 Å². The number of aliphatic hydroxyl groups is 1. The molecule has 0 saturated heterocycles. The predicted molar refractivity (Wildman–Crippen MR) is 180 cm³/mol. The van der Waals surface area contributed by atoms with E-state index in [-0.39, 0.29) is 63.1 Å². The van der Waals surface area contributed by atoms with E-state index < -0.39 is 17.4 Å². The van der Waals surface area contributed by atoms with Crippen LogP contribution in [0.2, 0.25) is 0 Å². The molecule has 1 aromatic rings. The molecule has 0 unspecified atom stereocenters. The van der Waals surface area contributed by atoms with Gasteiger partial charge in [0.2, 0.25) is 5.91 Å². The zero-order valence-electron chi connectivity index (χ0n) is 29.4. The number of amides is 1. The number of carbonyl (C=O) groups is 3. The first-order valence-electron chi connectivity index (χ1n) is 17.8. The lowest BCUT2D eigenvalue weighted by atomic mass is 9.33. The van der Waals surface area contributed by atoms with Crippen LogP contribution in [0.5, 0.6) is 0 Å². The summed E-state index contributed by atoms with van der Waals surface area (Å²) in [5.74, 6) is -0.110. The third-order valence-corrected chi connectivity index (χ3v) is 15.1. The topological polar surface area (TPSA) is 104 Å². The van der Waals surface area contributed by atoms with Crippen molar-refractivity contribution in [3.63, 3.8) is 0 Å². The summed E-state index contributed by atoms with van der Waals surface area (Å²) in [6.07, 6.45) is 8.73. The average Bonchev–Trinajstić information content (AvgIpc) is 2.96. The molecule has 4 fully saturated rings. The van der Waals surface area contributed by atoms with Gasteiger partial charge in [-0.2, -0.15) is 0 Å². The van der Waals surface area contributed by atoms with Crippen LogP contribution < -0.4 is 5.32 Å². The number of allylic oxidation sites excluding steroid dienone is 2. The molecule has 252 valence electrons. The standard InChI is InChI=1S/C40H57NO5/c1-24-22-37(5)19-18-36(4,34(46)41-27(33(44)45)20-25-12-10-9-11-13-25)23-40(37,8)26-21-28(42)32-38(6)17-15-30(43)35(2,3)29(38)14-16-39(32,7)31(24)26/h9-13,21,24,27,29-32,43H,14-20,22-23H2,1-8H3,(H,41,46)(H,44,45)/t24-,27+,29+,30+,31-,32-,36-,37+,38-,39-,40-/m0/s1.